The summed E-state index contributed by atoms with van der Waals surface area (Å²) < 4.78 is 9.93. The number of ether oxygens (including phenoxy) is 2. The normalized spacial score (nSPS) is 11.7. The molecule has 0 fully saturated rings. The fourth-order valence-electron chi connectivity index (χ4n) is 1.58. The summed E-state index contributed by atoms with van der Waals surface area (Å²) in [7, 11) is 2.92. The van der Waals surface area contributed by atoms with Gasteiger partial charge >= 0.3 is 0 Å². The zero-order valence-corrected chi connectivity index (χ0v) is 11.0. The monoisotopic (exact) mass is 268 g/mol. The first-order chi connectivity index (χ1) is 8.99. The van der Waals surface area contributed by atoms with Gasteiger partial charge in [0, 0.05) is 25.3 Å². The van der Waals surface area contributed by atoms with Crippen molar-refractivity contribution in [3.05, 3.63) is 33.9 Å². The molecule has 0 spiro atoms. The van der Waals surface area contributed by atoms with Gasteiger partial charge in [-0.25, -0.2) is 0 Å². The van der Waals surface area contributed by atoms with Gasteiger partial charge in [-0.1, -0.05) is 0 Å². The first kappa shape index (κ1) is 14.9. The van der Waals surface area contributed by atoms with Gasteiger partial charge in [-0.05, 0) is 13.0 Å². The zero-order valence-electron chi connectivity index (χ0n) is 11.0. The third kappa shape index (κ3) is 3.92. The van der Waals surface area contributed by atoms with Crippen LogP contribution in [0.3, 0.4) is 0 Å². The Morgan fingerprint density at radius 3 is 2.68 bits per heavy atom. The Morgan fingerprint density at radius 1 is 1.47 bits per heavy atom. The average Bonchev–Trinajstić information content (AvgIpc) is 2.37. The number of hydrogen-bond acceptors (Lipinski definition) is 5. The number of nitrogens with zero attached hydrogens (tertiary/aromatic N) is 1. The lowest BCUT2D eigenvalue weighted by atomic mass is 10.1. The number of nitro benzene ring substituents is 1. The van der Waals surface area contributed by atoms with Crippen molar-refractivity contribution in [2.24, 2.45) is 0 Å². The molecule has 0 aliphatic heterocycles. The molecule has 19 heavy (non-hydrogen) atoms. The molecule has 0 bridgehead atoms. The van der Waals surface area contributed by atoms with Crippen molar-refractivity contribution in [1.82, 2.24) is 5.32 Å². The molecule has 1 N–H and O–H groups in total. The lowest BCUT2D eigenvalue weighted by Crippen LogP contribution is -2.35. The van der Waals surface area contributed by atoms with Crippen LogP contribution in [0.15, 0.2) is 18.2 Å². The second-order valence-corrected chi connectivity index (χ2v) is 3.97. The van der Waals surface area contributed by atoms with Gasteiger partial charge in [0.2, 0.25) is 0 Å². The molecule has 1 rings (SSSR count). The fraction of sp³-hybridized carbons (Fsp3) is 0.417. The fourth-order valence-corrected chi connectivity index (χ4v) is 1.58. The van der Waals surface area contributed by atoms with Crippen LogP contribution in [0.1, 0.15) is 17.3 Å². The van der Waals surface area contributed by atoms with E-state index in [2.05, 4.69) is 5.32 Å². The second kappa shape index (κ2) is 6.69. The number of methoxy groups -OCH3 is 2. The van der Waals surface area contributed by atoms with E-state index in [4.69, 9.17) is 9.47 Å². The van der Waals surface area contributed by atoms with Gasteiger partial charge < -0.3 is 14.8 Å². The minimum atomic E-state index is -0.561. The summed E-state index contributed by atoms with van der Waals surface area (Å²) in [6.07, 6.45) is 0. The van der Waals surface area contributed by atoms with Gasteiger partial charge in [0.1, 0.15) is 5.75 Å². The minimum Gasteiger partial charge on any atom is -0.496 e. The molecule has 7 nitrogen and oxygen atoms in total. The van der Waals surface area contributed by atoms with Crippen molar-refractivity contribution in [2.75, 3.05) is 20.8 Å². The standard InChI is InChI=1S/C12H16N2O5/c1-8(7-18-2)13-12(15)10-6-9(14(16)17)4-5-11(10)19-3/h4-6,8H,7H2,1-3H3,(H,13,15). The van der Waals surface area contributed by atoms with Crippen LogP contribution in [-0.2, 0) is 4.74 Å². The summed E-state index contributed by atoms with van der Waals surface area (Å²) in [5.74, 6) is -0.155. The number of carbonyl (C=O) groups is 1. The van der Waals surface area contributed by atoms with Crippen molar-refractivity contribution in [3.8, 4) is 5.75 Å². The number of amides is 1. The van der Waals surface area contributed by atoms with E-state index >= 15 is 0 Å². The highest BCUT2D eigenvalue weighted by Gasteiger charge is 2.18. The van der Waals surface area contributed by atoms with Crippen LogP contribution in [0.2, 0.25) is 0 Å². The molecule has 104 valence electrons. The molecule has 7 heteroatoms. The summed E-state index contributed by atoms with van der Waals surface area (Å²) >= 11 is 0. The molecule has 0 saturated carbocycles. The molecule has 0 aliphatic carbocycles. The second-order valence-electron chi connectivity index (χ2n) is 3.97. The summed E-state index contributed by atoms with van der Waals surface area (Å²) in [6.45, 7) is 2.12. The smallest absolute Gasteiger partial charge is 0.270 e. The quantitative estimate of drug-likeness (QED) is 0.621. The first-order valence-electron chi connectivity index (χ1n) is 5.61. The Balaban J connectivity index is 2.99. The van der Waals surface area contributed by atoms with Crippen LogP contribution < -0.4 is 10.1 Å². The third-order valence-electron chi connectivity index (χ3n) is 2.43. The highest BCUT2D eigenvalue weighted by atomic mass is 16.6. The van der Waals surface area contributed by atoms with E-state index in [0.717, 1.165) is 0 Å². The topological polar surface area (TPSA) is 90.7 Å². The molecule has 1 unspecified atom stereocenters. The van der Waals surface area contributed by atoms with Gasteiger partial charge in [0.25, 0.3) is 11.6 Å². The molecular formula is C12H16N2O5. The predicted molar refractivity (Wildman–Crippen MR) is 68.5 cm³/mol. The number of nitro groups is 1. The van der Waals surface area contributed by atoms with E-state index in [-0.39, 0.29) is 23.0 Å². The molecule has 0 saturated heterocycles. The van der Waals surface area contributed by atoms with Gasteiger partial charge in [0.15, 0.2) is 0 Å². The molecule has 1 amide bonds. The Labute approximate surface area is 110 Å². The number of non-ortho nitro benzene ring substituents is 1. The molecule has 1 aromatic rings. The van der Waals surface area contributed by atoms with E-state index in [1.54, 1.807) is 6.92 Å². The Morgan fingerprint density at radius 2 is 2.16 bits per heavy atom. The SMILES string of the molecule is COCC(C)NC(=O)c1cc([N+](=O)[O-])ccc1OC. The summed E-state index contributed by atoms with van der Waals surface area (Å²) in [5.41, 5.74) is -0.0370. The van der Waals surface area contributed by atoms with Gasteiger partial charge in [-0.15, -0.1) is 0 Å². The molecule has 1 atom stereocenters. The van der Waals surface area contributed by atoms with E-state index in [0.29, 0.717) is 6.61 Å². The summed E-state index contributed by atoms with van der Waals surface area (Å²) in [6, 6.07) is 3.66. The van der Waals surface area contributed by atoms with Crippen LogP contribution in [0.4, 0.5) is 5.69 Å². The minimum absolute atomic E-state index is 0.125. The maximum Gasteiger partial charge on any atom is 0.270 e. The molecule has 0 heterocycles. The highest BCUT2D eigenvalue weighted by molar-refractivity contribution is 5.97. The molecular weight excluding hydrogens is 252 g/mol. The Bertz CT molecular complexity index is 475. The van der Waals surface area contributed by atoms with Crippen LogP contribution in [0, 0.1) is 10.1 Å². The molecule has 0 aromatic heterocycles. The predicted octanol–water partition coefficient (Wildman–Crippen LogP) is 1.37. The lowest BCUT2D eigenvalue weighted by molar-refractivity contribution is -0.384. The number of benzene rings is 1. The van der Waals surface area contributed by atoms with E-state index in [1.165, 1.54) is 32.4 Å². The number of nitrogens with one attached hydrogen (secondary N) is 1. The van der Waals surface area contributed by atoms with Gasteiger partial charge in [-0.2, -0.15) is 0 Å². The average molecular weight is 268 g/mol. The molecule has 0 aliphatic rings. The highest BCUT2D eigenvalue weighted by Crippen LogP contribution is 2.23. The maximum absolute atomic E-state index is 12.0. The first-order valence-corrected chi connectivity index (χ1v) is 5.61. The Kier molecular flexibility index (Phi) is 5.25. The van der Waals surface area contributed by atoms with Gasteiger partial charge in [0.05, 0.1) is 24.2 Å². The number of hydrogen-bond donors (Lipinski definition) is 1. The maximum atomic E-state index is 12.0. The van der Waals surface area contributed by atoms with Crippen molar-refractivity contribution in [1.29, 1.82) is 0 Å². The van der Waals surface area contributed by atoms with Crippen LogP contribution >= 0.6 is 0 Å². The largest absolute Gasteiger partial charge is 0.496 e. The third-order valence-corrected chi connectivity index (χ3v) is 2.43. The summed E-state index contributed by atoms with van der Waals surface area (Å²) in [4.78, 5) is 22.2. The van der Waals surface area contributed by atoms with E-state index in [9.17, 15) is 14.9 Å². The van der Waals surface area contributed by atoms with Crippen molar-refractivity contribution < 1.29 is 19.2 Å². The van der Waals surface area contributed by atoms with Crippen molar-refractivity contribution in [2.45, 2.75) is 13.0 Å². The van der Waals surface area contributed by atoms with Crippen LogP contribution in [0.5, 0.6) is 5.75 Å². The number of rotatable bonds is 6. The number of carbonyl (C=O) groups excluding carboxylic acids is 1. The van der Waals surface area contributed by atoms with Crippen LogP contribution in [-0.4, -0.2) is 37.7 Å². The lowest BCUT2D eigenvalue weighted by Gasteiger charge is -2.14. The zero-order chi connectivity index (χ0) is 14.4. The van der Waals surface area contributed by atoms with E-state index in [1.807, 2.05) is 0 Å². The molecule has 1 aromatic carbocycles. The Hall–Kier alpha value is -2.15. The van der Waals surface area contributed by atoms with E-state index < -0.39 is 10.8 Å². The van der Waals surface area contributed by atoms with Crippen molar-refractivity contribution >= 4 is 11.6 Å². The van der Waals surface area contributed by atoms with Crippen molar-refractivity contribution in [3.63, 3.8) is 0 Å². The summed E-state index contributed by atoms with van der Waals surface area (Å²) in [5, 5.41) is 13.4. The van der Waals surface area contributed by atoms with Crippen LogP contribution in [0.25, 0.3) is 0 Å². The van der Waals surface area contributed by atoms with Gasteiger partial charge in [-0.3, -0.25) is 14.9 Å². The molecule has 0 radical (unpaired) electrons.